The van der Waals surface area contributed by atoms with Gasteiger partial charge in [0, 0.05) is 33.8 Å². The number of hydrogen-bond acceptors (Lipinski definition) is 2. The van der Waals surface area contributed by atoms with Gasteiger partial charge in [-0.05, 0) is 56.5 Å². The summed E-state index contributed by atoms with van der Waals surface area (Å²) in [5.74, 6) is 0. The molecule has 1 aliphatic rings. The summed E-state index contributed by atoms with van der Waals surface area (Å²) in [6.07, 6.45) is 4.68. The lowest BCUT2D eigenvalue weighted by Crippen LogP contribution is -2.43. The number of likely N-dealkylation sites (N-methyl/N-ethyl adjacent to an activating group) is 1. The minimum Gasteiger partial charge on any atom is -0.358 e. The molecular formula is C15H18B2N2S. The fourth-order valence-electron chi connectivity index (χ4n) is 2.52. The minimum atomic E-state index is -0.892. The zero-order chi connectivity index (χ0) is 14.3. The van der Waals surface area contributed by atoms with Crippen molar-refractivity contribution < 1.29 is 0 Å². The molecule has 1 saturated carbocycles. The summed E-state index contributed by atoms with van der Waals surface area (Å²) < 4.78 is 1.97. The molecule has 0 spiro atoms. The van der Waals surface area contributed by atoms with Gasteiger partial charge in [-0.2, -0.15) is 0 Å². The van der Waals surface area contributed by atoms with E-state index in [1.807, 2.05) is 41.5 Å². The Bertz CT molecular complexity index is 617. The Labute approximate surface area is 127 Å². The average Bonchev–Trinajstić information content (AvgIpc) is 3.04. The van der Waals surface area contributed by atoms with Crippen LogP contribution in [0, 0.1) is 0 Å². The predicted molar refractivity (Wildman–Crippen MR) is 88.9 cm³/mol. The first-order valence-corrected chi connectivity index (χ1v) is 7.84. The fraction of sp³-hybridized carbons (Fsp3) is 0.467. The number of nitrogens with zero attached hydrogens (tertiary/aromatic N) is 2. The van der Waals surface area contributed by atoms with Gasteiger partial charge in [-0.1, -0.05) is 0 Å². The molecule has 0 aliphatic heterocycles. The molecule has 1 fully saturated rings. The maximum Gasteiger partial charge on any atom is 0.0924 e. The number of benzene rings is 1. The summed E-state index contributed by atoms with van der Waals surface area (Å²) >= 11 is 1.97. The van der Waals surface area contributed by atoms with Crippen molar-refractivity contribution in [3.8, 4) is 0 Å². The number of rotatable bonds is 5. The van der Waals surface area contributed by atoms with Gasteiger partial charge in [-0.25, -0.2) is 0 Å². The largest absolute Gasteiger partial charge is 0.358 e. The number of thioether (sulfide) groups is 1. The van der Waals surface area contributed by atoms with E-state index < -0.39 is 5.34 Å². The molecule has 3 rings (SSSR count). The minimum absolute atomic E-state index is 0.593. The quantitative estimate of drug-likeness (QED) is 0.777. The third-order valence-electron chi connectivity index (χ3n) is 3.51. The normalized spacial score (nSPS) is 16.1. The van der Waals surface area contributed by atoms with Gasteiger partial charge >= 0.3 is 0 Å². The molecule has 1 aliphatic carbocycles. The highest BCUT2D eigenvalue weighted by molar-refractivity contribution is 8.00. The van der Waals surface area contributed by atoms with Gasteiger partial charge in [-0.15, -0.1) is 11.8 Å². The van der Waals surface area contributed by atoms with Crippen molar-refractivity contribution in [2.24, 2.45) is 0 Å². The first-order valence-electron chi connectivity index (χ1n) is 6.96. The standard InChI is InChI=1S/C15H18B2N2S/c1-18(2)10-15(16,17)19-8-7-11-9-13(5-6-14(11)19)20-12-3-4-12/h5-9,12H,3-4,10H2,1-2H3. The van der Waals surface area contributed by atoms with E-state index in [4.69, 9.17) is 15.7 Å². The second-order valence-corrected chi connectivity index (χ2v) is 7.33. The van der Waals surface area contributed by atoms with E-state index in [9.17, 15) is 0 Å². The Morgan fingerprint density at radius 1 is 1.30 bits per heavy atom. The molecule has 4 radical (unpaired) electrons. The topological polar surface area (TPSA) is 8.17 Å². The van der Waals surface area contributed by atoms with Gasteiger partial charge in [-0.3, -0.25) is 0 Å². The van der Waals surface area contributed by atoms with Crippen LogP contribution < -0.4 is 0 Å². The van der Waals surface area contributed by atoms with Crippen LogP contribution in [0.1, 0.15) is 12.8 Å². The molecule has 0 N–H and O–H groups in total. The zero-order valence-corrected chi connectivity index (χ0v) is 12.9. The molecule has 1 aromatic carbocycles. The van der Waals surface area contributed by atoms with E-state index in [-0.39, 0.29) is 0 Å². The van der Waals surface area contributed by atoms with Gasteiger partial charge in [0.2, 0.25) is 0 Å². The first kappa shape index (κ1) is 14.2. The van der Waals surface area contributed by atoms with Gasteiger partial charge in [0.05, 0.1) is 15.7 Å². The Balaban J connectivity index is 1.92. The Morgan fingerprint density at radius 2 is 2.05 bits per heavy atom. The SMILES string of the molecule is [B]C([B])(CN(C)C)n1ccc2cc(SC3CC3)ccc21. The van der Waals surface area contributed by atoms with Crippen LogP contribution in [0.25, 0.3) is 10.9 Å². The summed E-state index contributed by atoms with van der Waals surface area (Å²) in [7, 11) is 16.5. The van der Waals surface area contributed by atoms with Crippen molar-refractivity contribution in [1.29, 1.82) is 0 Å². The molecule has 0 atom stereocenters. The van der Waals surface area contributed by atoms with Crippen LogP contribution >= 0.6 is 11.8 Å². The summed E-state index contributed by atoms with van der Waals surface area (Å²) in [5, 5.41) is 1.14. The van der Waals surface area contributed by atoms with Crippen LogP contribution in [0.4, 0.5) is 0 Å². The van der Waals surface area contributed by atoms with Gasteiger partial charge in [0.25, 0.3) is 0 Å². The van der Waals surface area contributed by atoms with E-state index >= 15 is 0 Å². The molecule has 2 aromatic rings. The molecule has 0 unspecified atom stereocenters. The van der Waals surface area contributed by atoms with Gasteiger partial charge in [0.15, 0.2) is 0 Å². The number of aromatic nitrogens is 1. The third kappa shape index (κ3) is 2.94. The third-order valence-corrected chi connectivity index (χ3v) is 4.84. The number of hydrogen-bond donors (Lipinski definition) is 0. The maximum absolute atomic E-state index is 6.27. The summed E-state index contributed by atoms with van der Waals surface area (Å²) in [6.45, 7) is 0.593. The summed E-state index contributed by atoms with van der Waals surface area (Å²) in [5.41, 5.74) is 1.09. The monoisotopic (exact) mass is 280 g/mol. The van der Waals surface area contributed by atoms with E-state index in [1.165, 1.54) is 23.1 Å². The van der Waals surface area contributed by atoms with Crippen LogP contribution in [-0.4, -0.2) is 51.0 Å². The predicted octanol–water partition coefficient (Wildman–Crippen LogP) is 2.40. The molecule has 2 nitrogen and oxygen atoms in total. The maximum atomic E-state index is 6.27. The second kappa shape index (κ2) is 5.19. The summed E-state index contributed by atoms with van der Waals surface area (Å²) in [4.78, 5) is 3.34. The lowest BCUT2D eigenvalue weighted by Gasteiger charge is -2.32. The molecule has 0 saturated heterocycles. The van der Waals surface area contributed by atoms with Crippen molar-refractivity contribution in [3.05, 3.63) is 30.5 Å². The smallest absolute Gasteiger partial charge is 0.0924 e. The van der Waals surface area contributed by atoms with Crippen LogP contribution in [-0.2, 0) is 5.34 Å². The lowest BCUT2D eigenvalue weighted by molar-refractivity contribution is 0.354. The highest BCUT2D eigenvalue weighted by Gasteiger charge is 2.24. The van der Waals surface area contributed by atoms with Crippen LogP contribution in [0.3, 0.4) is 0 Å². The van der Waals surface area contributed by atoms with Crippen LogP contribution in [0.2, 0.25) is 0 Å². The van der Waals surface area contributed by atoms with Crippen molar-refractivity contribution in [1.82, 2.24) is 9.47 Å². The van der Waals surface area contributed by atoms with E-state index in [1.54, 1.807) is 0 Å². The van der Waals surface area contributed by atoms with Crippen LogP contribution in [0.5, 0.6) is 0 Å². The van der Waals surface area contributed by atoms with Crippen molar-refractivity contribution in [2.75, 3.05) is 20.6 Å². The lowest BCUT2D eigenvalue weighted by atomic mass is 9.61. The molecule has 0 amide bonds. The van der Waals surface area contributed by atoms with Crippen molar-refractivity contribution in [3.63, 3.8) is 0 Å². The Morgan fingerprint density at radius 3 is 2.70 bits per heavy atom. The summed E-state index contributed by atoms with van der Waals surface area (Å²) in [6, 6.07) is 8.63. The zero-order valence-electron chi connectivity index (χ0n) is 12.0. The molecule has 0 bridgehead atoms. The molecule has 5 heteroatoms. The van der Waals surface area contributed by atoms with E-state index in [2.05, 4.69) is 24.3 Å². The van der Waals surface area contributed by atoms with E-state index in [0.29, 0.717) is 6.54 Å². The Hall–Kier alpha value is -0.800. The fourth-order valence-corrected chi connectivity index (χ4v) is 3.62. The number of fused-ring (bicyclic) bond motifs is 1. The molecule has 1 aromatic heterocycles. The molecular weight excluding hydrogens is 262 g/mol. The Kier molecular flexibility index (Phi) is 3.67. The average molecular weight is 280 g/mol. The van der Waals surface area contributed by atoms with Gasteiger partial charge in [0.1, 0.15) is 0 Å². The van der Waals surface area contributed by atoms with E-state index in [0.717, 1.165) is 10.8 Å². The first-order chi connectivity index (χ1) is 9.45. The van der Waals surface area contributed by atoms with Gasteiger partial charge < -0.3 is 9.47 Å². The van der Waals surface area contributed by atoms with Crippen molar-refractivity contribution in [2.45, 2.75) is 28.3 Å². The molecule has 20 heavy (non-hydrogen) atoms. The highest BCUT2D eigenvalue weighted by atomic mass is 32.2. The molecule has 1 heterocycles. The van der Waals surface area contributed by atoms with Crippen LogP contribution in [0.15, 0.2) is 35.4 Å². The second-order valence-electron chi connectivity index (χ2n) is 5.95. The highest BCUT2D eigenvalue weighted by Crippen LogP contribution is 2.40. The van der Waals surface area contributed by atoms with Crippen molar-refractivity contribution >= 4 is 38.4 Å². The molecule has 100 valence electrons.